The summed E-state index contributed by atoms with van der Waals surface area (Å²) in [5.74, 6) is 0.243. The SMILES string of the molecule is C[S+](C)(=O)/C=C(\O)[C@H](CSc1ccccc1)NC(=O)OCc1ccccc1. The molecule has 1 amide bonds. The van der Waals surface area contributed by atoms with Crippen molar-refractivity contribution in [3.05, 3.63) is 77.4 Å². The molecule has 0 saturated heterocycles. The maximum Gasteiger partial charge on any atom is 0.408 e. The molecule has 27 heavy (non-hydrogen) atoms. The number of carbonyl (C=O) groups excluding carboxylic acids is 1. The van der Waals surface area contributed by atoms with Crippen LogP contribution < -0.4 is 5.32 Å². The number of aliphatic hydroxyl groups is 1. The monoisotopic (exact) mass is 406 g/mol. The van der Waals surface area contributed by atoms with Gasteiger partial charge in [-0.05, 0) is 17.7 Å². The largest absolute Gasteiger partial charge is 0.506 e. The quantitative estimate of drug-likeness (QED) is 0.390. The topological polar surface area (TPSA) is 75.6 Å². The van der Waals surface area contributed by atoms with Crippen LogP contribution in [0.25, 0.3) is 0 Å². The maximum atomic E-state index is 12.2. The Morgan fingerprint density at radius 1 is 1.15 bits per heavy atom. The minimum absolute atomic E-state index is 0.133. The minimum Gasteiger partial charge on any atom is -0.506 e. The molecular formula is C20H24NO4S2+. The lowest BCUT2D eigenvalue weighted by Crippen LogP contribution is -2.38. The Morgan fingerprint density at radius 3 is 2.33 bits per heavy atom. The number of benzene rings is 2. The first-order valence-electron chi connectivity index (χ1n) is 8.33. The van der Waals surface area contributed by atoms with Crippen molar-refractivity contribution >= 4 is 27.8 Å². The van der Waals surface area contributed by atoms with Gasteiger partial charge in [0.2, 0.25) is 0 Å². The number of nitrogens with one attached hydrogen (secondary N) is 1. The van der Waals surface area contributed by atoms with Crippen LogP contribution >= 0.6 is 11.8 Å². The van der Waals surface area contributed by atoms with Crippen molar-refractivity contribution < 1.29 is 18.8 Å². The number of hydrogen-bond acceptors (Lipinski definition) is 5. The molecule has 7 heteroatoms. The number of aliphatic hydroxyl groups excluding tert-OH is 1. The normalized spacial score (nSPS) is 13.0. The summed E-state index contributed by atoms with van der Waals surface area (Å²) in [6.45, 7) is 0.133. The zero-order chi connectivity index (χ0) is 19.7. The molecule has 0 aliphatic carbocycles. The molecule has 2 N–H and O–H groups in total. The summed E-state index contributed by atoms with van der Waals surface area (Å²) >= 11 is 1.48. The predicted molar refractivity (Wildman–Crippen MR) is 111 cm³/mol. The summed E-state index contributed by atoms with van der Waals surface area (Å²) in [5.41, 5.74) is 0.868. The fourth-order valence-corrected chi connectivity index (χ4v) is 3.89. The van der Waals surface area contributed by atoms with Gasteiger partial charge in [0, 0.05) is 10.6 Å². The molecule has 0 aromatic heterocycles. The average Bonchev–Trinajstić information content (AvgIpc) is 2.63. The van der Waals surface area contributed by atoms with E-state index in [9.17, 15) is 14.1 Å². The van der Waals surface area contributed by atoms with E-state index in [1.807, 2.05) is 60.7 Å². The van der Waals surface area contributed by atoms with Gasteiger partial charge in [0.05, 0.1) is 0 Å². The van der Waals surface area contributed by atoms with E-state index in [0.717, 1.165) is 10.5 Å². The first-order valence-corrected chi connectivity index (χ1v) is 11.8. The highest BCUT2D eigenvalue weighted by atomic mass is 32.2. The fraction of sp³-hybridized carbons (Fsp3) is 0.250. The Balaban J connectivity index is 2.00. The van der Waals surface area contributed by atoms with Crippen molar-refractivity contribution in [2.75, 3.05) is 18.3 Å². The Kier molecular flexibility index (Phi) is 7.94. The van der Waals surface area contributed by atoms with Crippen LogP contribution in [0, 0.1) is 0 Å². The molecule has 0 radical (unpaired) electrons. The minimum atomic E-state index is -2.31. The Bertz CT molecular complexity index is 803. The molecule has 144 valence electrons. The van der Waals surface area contributed by atoms with Crippen LogP contribution in [0.2, 0.25) is 0 Å². The van der Waals surface area contributed by atoms with Crippen molar-refractivity contribution in [2.24, 2.45) is 0 Å². The van der Waals surface area contributed by atoms with Crippen LogP contribution in [0.4, 0.5) is 4.79 Å². The smallest absolute Gasteiger partial charge is 0.408 e. The van der Waals surface area contributed by atoms with Crippen LogP contribution in [-0.2, 0) is 25.5 Å². The lowest BCUT2D eigenvalue weighted by atomic mass is 10.2. The van der Waals surface area contributed by atoms with Gasteiger partial charge < -0.3 is 15.2 Å². The molecule has 2 aromatic rings. The van der Waals surface area contributed by atoms with Crippen LogP contribution in [0.3, 0.4) is 0 Å². The lowest BCUT2D eigenvalue weighted by molar-refractivity contribution is 0.135. The number of amides is 1. The molecular weight excluding hydrogens is 382 g/mol. The number of thioether (sulfide) groups is 1. The molecule has 1 atom stereocenters. The van der Waals surface area contributed by atoms with Crippen LogP contribution in [0.1, 0.15) is 5.56 Å². The highest BCUT2D eigenvalue weighted by Gasteiger charge is 2.22. The highest BCUT2D eigenvalue weighted by molar-refractivity contribution is 8.04. The van der Waals surface area contributed by atoms with Gasteiger partial charge in [-0.15, -0.1) is 16.0 Å². The Morgan fingerprint density at radius 2 is 1.74 bits per heavy atom. The number of rotatable bonds is 8. The van der Waals surface area contributed by atoms with E-state index in [0.29, 0.717) is 5.75 Å². The first-order chi connectivity index (χ1) is 12.8. The van der Waals surface area contributed by atoms with Crippen LogP contribution in [0.15, 0.2) is 76.7 Å². The predicted octanol–water partition coefficient (Wildman–Crippen LogP) is 4.23. The Labute approximate surface area is 165 Å². The van der Waals surface area contributed by atoms with E-state index in [1.54, 1.807) is 0 Å². The first kappa shape index (κ1) is 21.1. The van der Waals surface area contributed by atoms with E-state index in [-0.39, 0.29) is 12.4 Å². The van der Waals surface area contributed by atoms with E-state index in [1.165, 1.54) is 29.7 Å². The van der Waals surface area contributed by atoms with Gasteiger partial charge in [-0.25, -0.2) is 4.79 Å². The lowest BCUT2D eigenvalue weighted by Gasteiger charge is -2.17. The molecule has 0 unspecified atom stereocenters. The highest BCUT2D eigenvalue weighted by Crippen LogP contribution is 2.20. The second-order valence-corrected chi connectivity index (χ2v) is 10.2. The molecule has 0 heterocycles. The number of carbonyl (C=O) groups is 1. The van der Waals surface area contributed by atoms with Gasteiger partial charge in [-0.2, -0.15) is 0 Å². The zero-order valence-electron chi connectivity index (χ0n) is 15.3. The standard InChI is InChI=1S/C20H23NO4S2/c1-27(2,24)15-19(22)18(14-26-17-11-7-4-8-12-17)21-20(23)25-13-16-9-5-3-6-10-16/h3-12,15,18H,13-14H2,1-2H3,(H-,21,22,23,24)/p+1/t18-/m0/s1. The summed E-state index contributed by atoms with van der Waals surface area (Å²) in [5, 5.41) is 14.3. The molecule has 0 bridgehead atoms. The van der Waals surface area contributed by atoms with Gasteiger partial charge in [-0.1, -0.05) is 48.5 Å². The second-order valence-electron chi connectivity index (χ2n) is 6.23. The van der Waals surface area contributed by atoms with Gasteiger partial charge in [0.1, 0.15) is 35.1 Å². The van der Waals surface area contributed by atoms with Crippen molar-refractivity contribution in [2.45, 2.75) is 17.5 Å². The molecule has 2 aromatic carbocycles. The molecule has 0 fully saturated rings. The number of hydrogen-bond donors (Lipinski definition) is 2. The van der Waals surface area contributed by atoms with Gasteiger partial charge >= 0.3 is 6.09 Å². The third kappa shape index (κ3) is 8.32. The van der Waals surface area contributed by atoms with Gasteiger partial charge in [0.15, 0.2) is 11.2 Å². The van der Waals surface area contributed by atoms with Crippen molar-refractivity contribution in [3.63, 3.8) is 0 Å². The third-order valence-corrected chi connectivity index (χ3v) is 5.34. The summed E-state index contributed by atoms with van der Waals surface area (Å²) in [6, 6.07) is 18.3. The van der Waals surface area contributed by atoms with E-state index < -0.39 is 22.1 Å². The van der Waals surface area contributed by atoms with Crippen LogP contribution in [-0.4, -0.2) is 35.5 Å². The van der Waals surface area contributed by atoms with E-state index in [2.05, 4.69) is 5.32 Å². The molecule has 5 nitrogen and oxygen atoms in total. The van der Waals surface area contributed by atoms with Crippen molar-refractivity contribution in [3.8, 4) is 0 Å². The van der Waals surface area contributed by atoms with E-state index in [4.69, 9.17) is 4.74 Å². The van der Waals surface area contributed by atoms with Gasteiger partial charge in [-0.3, -0.25) is 0 Å². The number of alkyl carbamates (subject to hydrolysis) is 1. The van der Waals surface area contributed by atoms with Crippen molar-refractivity contribution in [1.29, 1.82) is 0 Å². The average molecular weight is 407 g/mol. The van der Waals surface area contributed by atoms with E-state index >= 15 is 0 Å². The van der Waals surface area contributed by atoms with Crippen LogP contribution in [0.5, 0.6) is 0 Å². The Hall–Kier alpha value is -2.25. The molecule has 0 spiro atoms. The molecule has 0 aliphatic rings. The summed E-state index contributed by atoms with van der Waals surface area (Å²) in [7, 11) is -2.31. The third-order valence-electron chi connectivity index (χ3n) is 3.43. The molecule has 2 rings (SSSR count). The zero-order valence-corrected chi connectivity index (χ0v) is 17.0. The fourth-order valence-electron chi connectivity index (χ4n) is 2.18. The molecule has 0 aliphatic heterocycles. The number of ether oxygens (including phenoxy) is 1. The summed E-state index contributed by atoms with van der Waals surface area (Å²) in [6.07, 6.45) is 2.41. The summed E-state index contributed by atoms with van der Waals surface area (Å²) in [4.78, 5) is 13.2. The second kappa shape index (κ2) is 10.2. The summed E-state index contributed by atoms with van der Waals surface area (Å²) < 4.78 is 17.2. The van der Waals surface area contributed by atoms with Gasteiger partial charge in [0.25, 0.3) is 0 Å². The molecule has 0 saturated carbocycles. The maximum absolute atomic E-state index is 12.2. The van der Waals surface area contributed by atoms with Crippen molar-refractivity contribution in [1.82, 2.24) is 5.32 Å².